The van der Waals surface area contributed by atoms with E-state index in [4.69, 9.17) is 0 Å². The van der Waals surface area contributed by atoms with E-state index in [0.717, 1.165) is 5.56 Å². The number of urea groups is 1. The topological polar surface area (TPSA) is 98.8 Å². The zero-order chi connectivity index (χ0) is 20.0. The van der Waals surface area contributed by atoms with Crippen LogP contribution in [0.25, 0.3) is 0 Å². The highest BCUT2D eigenvalue weighted by Crippen LogP contribution is 2.21. The van der Waals surface area contributed by atoms with Crippen molar-refractivity contribution in [3.8, 4) is 0 Å². The zero-order valence-corrected chi connectivity index (χ0v) is 16.8. The first kappa shape index (κ1) is 20.5. The molecular formula is C18H22N4O4S2. The van der Waals surface area contributed by atoms with Crippen LogP contribution in [-0.2, 0) is 21.4 Å². The monoisotopic (exact) mass is 422 g/mol. The van der Waals surface area contributed by atoms with Crippen molar-refractivity contribution in [2.45, 2.75) is 10.8 Å². The summed E-state index contributed by atoms with van der Waals surface area (Å²) in [6.07, 6.45) is 0. The number of thiophene rings is 1. The highest BCUT2D eigenvalue weighted by atomic mass is 32.2. The van der Waals surface area contributed by atoms with Crippen molar-refractivity contribution < 1.29 is 18.0 Å². The van der Waals surface area contributed by atoms with Gasteiger partial charge in [0.15, 0.2) is 0 Å². The van der Waals surface area contributed by atoms with Crippen LogP contribution in [0.1, 0.15) is 5.56 Å². The summed E-state index contributed by atoms with van der Waals surface area (Å²) >= 11 is 1.19. The molecule has 150 valence electrons. The molecule has 1 aromatic heterocycles. The standard InChI is InChI=1S/C18H22N4O4S2/c23-16(20-18(24)19-13-15-5-2-1-3-6-15)14-21-8-10-22(11-9-21)28(25,26)17-7-4-12-27-17/h1-7,12H,8-11,13-14H2,(H2,19,20,23,24). The Hall–Kier alpha value is -2.27. The van der Waals surface area contributed by atoms with Gasteiger partial charge in [-0.3, -0.25) is 15.0 Å². The Kier molecular flexibility index (Phi) is 6.79. The largest absolute Gasteiger partial charge is 0.334 e. The molecule has 2 aromatic rings. The molecule has 0 atom stereocenters. The van der Waals surface area contributed by atoms with Gasteiger partial charge >= 0.3 is 6.03 Å². The number of imide groups is 1. The molecule has 1 saturated heterocycles. The predicted molar refractivity (Wildman–Crippen MR) is 106 cm³/mol. The van der Waals surface area contributed by atoms with Gasteiger partial charge in [-0.05, 0) is 17.0 Å². The minimum Gasteiger partial charge on any atom is -0.334 e. The Labute approximate surface area is 168 Å². The van der Waals surface area contributed by atoms with Crippen molar-refractivity contribution in [3.63, 3.8) is 0 Å². The van der Waals surface area contributed by atoms with Crippen LogP contribution in [0.3, 0.4) is 0 Å². The fourth-order valence-electron chi connectivity index (χ4n) is 2.86. The third-order valence-corrected chi connectivity index (χ3v) is 7.61. The predicted octanol–water partition coefficient (Wildman–Crippen LogP) is 1.08. The van der Waals surface area contributed by atoms with E-state index in [9.17, 15) is 18.0 Å². The Morgan fingerprint density at radius 2 is 1.71 bits per heavy atom. The maximum absolute atomic E-state index is 12.5. The number of hydrogen-bond acceptors (Lipinski definition) is 6. The molecule has 0 saturated carbocycles. The van der Waals surface area contributed by atoms with E-state index in [1.54, 1.807) is 17.5 Å². The number of amides is 3. The van der Waals surface area contributed by atoms with Crippen LogP contribution in [0, 0.1) is 0 Å². The van der Waals surface area contributed by atoms with Gasteiger partial charge < -0.3 is 5.32 Å². The van der Waals surface area contributed by atoms with E-state index >= 15 is 0 Å². The van der Waals surface area contributed by atoms with Crippen LogP contribution in [0.2, 0.25) is 0 Å². The number of carbonyl (C=O) groups excluding carboxylic acids is 2. The van der Waals surface area contributed by atoms with Crippen molar-refractivity contribution >= 4 is 33.3 Å². The second-order valence-corrected chi connectivity index (χ2v) is 9.44. The number of sulfonamides is 1. The maximum atomic E-state index is 12.5. The molecule has 0 unspecified atom stereocenters. The molecule has 2 heterocycles. The van der Waals surface area contributed by atoms with E-state index in [0.29, 0.717) is 36.9 Å². The van der Waals surface area contributed by atoms with Crippen LogP contribution >= 0.6 is 11.3 Å². The Balaban J connectivity index is 1.40. The number of hydrogen-bond donors (Lipinski definition) is 2. The van der Waals surface area contributed by atoms with Gasteiger partial charge in [0.25, 0.3) is 10.0 Å². The first-order chi connectivity index (χ1) is 13.4. The second kappa shape index (κ2) is 9.28. The molecule has 2 N–H and O–H groups in total. The van der Waals surface area contributed by atoms with Crippen molar-refractivity contribution in [2.75, 3.05) is 32.7 Å². The fourth-order valence-corrected chi connectivity index (χ4v) is 5.42. The molecule has 1 aliphatic heterocycles. The molecule has 0 spiro atoms. The summed E-state index contributed by atoms with van der Waals surface area (Å²) in [6, 6.07) is 12.1. The summed E-state index contributed by atoms with van der Waals surface area (Å²) in [7, 11) is -3.46. The van der Waals surface area contributed by atoms with E-state index in [-0.39, 0.29) is 6.54 Å². The quantitative estimate of drug-likeness (QED) is 0.726. The second-order valence-electron chi connectivity index (χ2n) is 6.33. The third-order valence-electron chi connectivity index (χ3n) is 4.34. The van der Waals surface area contributed by atoms with Crippen LogP contribution in [0.15, 0.2) is 52.1 Å². The molecule has 0 radical (unpaired) electrons. The lowest BCUT2D eigenvalue weighted by molar-refractivity contribution is -0.121. The van der Waals surface area contributed by atoms with E-state index < -0.39 is 22.0 Å². The number of carbonyl (C=O) groups is 2. The lowest BCUT2D eigenvalue weighted by Gasteiger charge is -2.33. The molecule has 0 bridgehead atoms. The summed E-state index contributed by atoms with van der Waals surface area (Å²) in [5.74, 6) is -0.417. The summed E-state index contributed by atoms with van der Waals surface area (Å²) in [4.78, 5) is 25.7. The number of nitrogens with zero attached hydrogens (tertiary/aromatic N) is 2. The Morgan fingerprint density at radius 3 is 2.36 bits per heavy atom. The smallest absolute Gasteiger partial charge is 0.321 e. The van der Waals surface area contributed by atoms with Crippen LogP contribution < -0.4 is 10.6 Å². The first-order valence-corrected chi connectivity index (χ1v) is 11.1. The molecule has 0 aliphatic carbocycles. The van der Waals surface area contributed by atoms with Gasteiger partial charge in [0.2, 0.25) is 5.91 Å². The van der Waals surface area contributed by atoms with Gasteiger partial charge in [-0.1, -0.05) is 36.4 Å². The maximum Gasteiger partial charge on any atom is 0.321 e. The van der Waals surface area contributed by atoms with Gasteiger partial charge in [-0.25, -0.2) is 13.2 Å². The van der Waals surface area contributed by atoms with Gasteiger partial charge in [-0.2, -0.15) is 4.31 Å². The average Bonchev–Trinajstić information content (AvgIpc) is 3.23. The molecular weight excluding hydrogens is 400 g/mol. The summed E-state index contributed by atoms with van der Waals surface area (Å²) in [5.41, 5.74) is 0.938. The summed E-state index contributed by atoms with van der Waals surface area (Å²) in [5, 5.41) is 6.67. The van der Waals surface area contributed by atoms with Crippen molar-refractivity contribution in [1.82, 2.24) is 19.8 Å². The fraction of sp³-hybridized carbons (Fsp3) is 0.333. The van der Waals surface area contributed by atoms with Crippen molar-refractivity contribution in [1.29, 1.82) is 0 Å². The normalized spacial score (nSPS) is 15.9. The minimum absolute atomic E-state index is 0.0473. The van der Waals surface area contributed by atoms with Gasteiger partial charge in [0.05, 0.1) is 6.54 Å². The Morgan fingerprint density at radius 1 is 1.00 bits per heavy atom. The summed E-state index contributed by atoms with van der Waals surface area (Å²) in [6.45, 7) is 1.87. The zero-order valence-electron chi connectivity index (χ0n) is 15.2. The highest BCUT2D eigenvalue weighted by molar-refractivity contribution is 7.91. The molecule has 10 heteroatoms. The molecule has 1 fully saturated rings. The minimum atomic E-state index is -3.46. The summed E-state index contributed by atoms with van der Waals surface area (Å²) < 4.78 is 26.8. The molecule has 1 aromatic carbocycles. The number of nitrogens with one attached hydrogen (secondary N) is 2. The molecule has 3 rings (SSSR count). The van der Waals surface area contributed by atoms with E-state index in [1.165, 1.54) is 15.6 Å². The van der Waals surface area contributed by atoms with E-state index in [1.807, 2.05) is 35.2 Å². The molecule has 3 amide bonds. The molecule has 28 heavy (non-hydrogen) atoms. The van der Waals surface area contributed by atoms with Gasteiger partial charge in [0.1, 0.15) is 4.21 Å². The van der Waals surface area contributed by atoms with E-state index in [2.05, 4.69) is 10.6 Å². The Bertz CT molecular complexity index is 893. The average molecular weight is 423 g/mol. The number of benzene rings is 1. The lowest BCUT2D eigenvalue weighted by atomic mass is 10.2. The highest BCUT2D eigenvalue weighted by Gasteiger charge is 2.29. The molecule has 8 nitrogen and oxygen atoms in total. The van der Waals surface area contributed by atoms with Crippen molar-refractivity contribution in [3.05, 3.63) is 53.4 Å². The third kappa shape index (κ3) is 5.38. The van der Waals surface area contributed by atoms with Gasteiger partial charge in [-0.15, -0.1) is 11.3 Å². The van der Waals surface area contributed by atoms with Crippen LogP contribution in [-0.4, -0.2) is 62.3 Å². The van der Waals surface area contributed by atoms with Crippen LogP contribution in [0.5, 0.6) is 0 Å². The van der Waals surface area contributed by atoms with Crippen LogP contribution in [0.4, 0.5) is 4.79 Å². The molecule has 1 aliphatic rings. The lowest BCUT2D eigenvalue weighted by Crippen LogP contribution is -2.52. The first-order valence-electron chi connectivity index (χ1n) is 8.83. The van der Waals surface area contributed by atoms with Crippen molar-refractivity contribution in [2.24, 2.45) is 0 Å². The number of piperazine rings is 1. The number of rotatable bonds is 6. The van der Waals surface area contributed by atoms with Gasteiger partial charge in [0, 0.05) is 32.7 Å². The SMILES string of the molecule is O=C(CN1CCN(S(=O)(=O)c2cccs2)CC1)NC(=O)NCc1ccccc1.